The van der Waals surface area contributed by atoms with E-state index < -0.39 is 20.9 Å². The van der Waals surface area contributed by atoms with Crippen LogP contribution in [0.1, 0.15) is 18.4 Å². The highest BCUT2D eigenvalue weighted by Gasteiger charge is 2.37. The van der Waals surface area contributed by atoms with Crippen LogP contribution in [0.2, 0.25) is 0 Å². The van der Waals surface area contributed by atoms with Crippen molar-refractivity contribution in [2.45, 2.75) is 24.2 Å². The van der Waals surface area contributed by atoms with Gasteiger partial charge < -0.3 is 9.64 Å². The van der Waals surface area contributed by atoms with Gasteiger partial charge in [0.2, 0.25) is 15.9 Å². The highest BCUT2D eigenvalue weighted by Crippen LogP contribution is 2.34. The summed E-state index contributed by atoms with van der Waals surface area (Å²) in [4.78, 5) is 25.6. The molecule has 2 aliphatic heterocycles. The fourth-order valence-corrected chi connectivity index (χ4v) is 5.71. The van der Waals surface area contributed by atoms with Crippen LogP contribution < -0.4 is 9.64 Å². The van der Waals surface area contributed by atoms with E-state index in [2.05, 4.69) is 0 Å². The lowest BCUT2D eigenvalue weighted by atomic mass is 9.98. The van der Waals surface area contributed by atoms with E-state index in [-0.39, 0.29) is 23.0 Å². The van der Waals surface area contributed by atoms with E-state index in [4.69, 9.17) is 4.74 Å². The molecule has 31 heavy (non-hydrogen) atoms. The monoisotopic (exact) mass is 445 g/mol. The molecule has 0 N–H and O–H groups in total. The lowest BCUT2D eigenvalue weighted by molar-refractivity contribution is -0.384. The number of rotatable bonds is 5. The summed E-state index contributed by atoms with van der Waals surface area (Å²) in [7, 11) is -2.23. The van der Waals surface area contributed by atoms with Crippen molar-refractivity contribution in [3.8, 4) is 5.75 Å². The van der Waals surface area contributed by atoms with Gasteiger partial charge in [-0.15, -0.1) is 0 Å². The molecule has 0 aliphatic carbocycles. The third-order valence-electron chi connectivity index (χ3n) is 5.87. The molecule has 1 unspecified atom stereocenters. The van der Waals surface area contributed by atoms with Gasteiger partial charge in [-0.05, 0) is 49.1 Å². The first kappa shape index (κ1) is 21.3. The highest BCUT2D eigenvalue weighted by molar-refractivity contribution is 7.89. The van der Waals surface area contributed by atoms with Crippen LogP contribution in [0.25, 0.3) is 0 Å². The van der Waals surface area contributed by atoms with E-state index in [9.17, 15) is 23.3 Å². The number of methoxy groups -OCH3 is 1. The van der Waals surface area contributed by atoms with Crippen molar-refractivity contribution >= 4 is 27.3 Å². The van der Waals surface area contributed by atoms with Gasteiger partial charge in [0.1, 0.15) is 5.75 Å². The number of non-ortho nitro benzene ring substituents is 1. The maximum Gasteiger partial charge on any atom is 0.271 e. The van der Waals surface area contributed by atoms with Gasteiger partial charge in [0.05, 0.1) is 28.5 Å². The van der Waals surface area contributed by atoms with Gasteiger partial charge in [-0.2, -0.15) is 4.31 Å². The van der Waals surface area contributed by atoms with Crippen LogP contribution in [-0.2, 0) is 21.2 Å². The Balaban J connectivity index is 1.53. The summed E-state index contributed by atoms with van der Waals surface area (Å²) in [5.41, 5.74) is 1.37. The summed E-state index contributed by atoms with van der Waals surface area (Å²) < 4.78 is 32.6. The van der Waals surface area contributed by atoms with Gasteiger partial charge in [-0.3, -0.25) is 14.9 Å². The Bertz CT molecular complexity index is 1120. The van der Waals surface area contributed by atoms with Crippen molar-refractivity contribution < 1.29 is 22.9 Å². The number of carbonyl (C=O) groups excluding carboxylic acids is 1. The van der Waals surface area contributed by atoms with Gasteiger partial charge in [0.15, 0.2) is 0 Å². The van der Waals surface area contributed by atoms with E-state index in [0.29, 0.717) is 43.8 Å². The Morgan fingerprint density at radius 3 is 2.58 bits per heavy atom. The third kappa shape index (κ3) is 4.00. The van der Waals surface area contributed by atoms with E-state index in [1.54, 1.807) is 23.1 Å². The summed E-state index contributed by atoms with van der Waals surface area (Å²) >= 11 is 0. The fraction of sp³-hybridized carbons (Fsp3) is 0.381. The lowest BCUT2D eigenvalue weighted by Crippen LogP contribution is -2.46. The molecule has 0 spiro atoms. The highest BCUT2D eigenvalue weighted by atomic mass is 32.2. The normalized spacial score (nSPS) is 19.1. The lowest BCUT2D eigenvalue weighted by Gasteiger charge is -2.33. The molecule has 0 bridgehead atoms. The first-order valence-corrected chi connectivity index (χ1v) is 11.5. The van der Waals surface area contributed by atoms with Crippen LogP contribution in [0.15, 0.2) is 47.4 Å². The average molecular weight is 445 g/mol. The summed E-state index contributed by atoms with van der Waals surface area (Å²) in [6.07, 6.45) is 1.77. The van der Waals surface area contributed by atoms with Crippen molar-refractivity contribution in [1.82, 2.24) is 4.31 Å². The number of hydrogen-bond acceptors (Lipinski definition) is 6. The molecular weight excluding hydrogens is 422 g/mol. The van der Waals surface area contributed by atoms with E-state index in [1.807, 2.05) is 0 Å². The summed E-state index contributed by atoms with van der Waals surface area (Å²) in [6.45, 7) is 0.880. The second-order valence-corrected chi connectivity index (χ2v) is 9.63. The number of sulfonamides is 1. The molecule has 1 saturated heterocycles. The molecule has 164 valence electrons. The number of anilines is 1. The molecule has 2 aliphatic rings. The quantitative estimate of drug-likeness (QED) is 0.517. The van der Waals surface area contributed by atoms with Crippen molar-refractivity contribution in [1.29, 1.82) is 0 Å². The van der Waals surface area contributed by atoms with Gasteiger partial charge in [0, 0.05) is 31.8 Å². The number of nitro groups is 1. The van der Waals surface area contributed by atoms with Gasteiger partial charge in [0.25, 0.3) is 5.69 Å². The Morgan fingerprint density at radius 2 is 1.90 bits per heavy atom. The molecule has 1 fully saturated rings. The molecule has 9 nitrogen and oxygen atoms in total. The standard InChI is InChI=1S/C21H23N3O6S/c1-30-18-6-8-19(9-7-18)31(28,29)22-11-2-3-16(14-22)21(25)23-12-10-15-4-5-17(24(26)27)13-20(15)23/h4-9,13,16H,2-3,10-12,14H2,1H3. The summed E-state index contributed by atoms with van der Waals surface area (Å²) in [5.74, 6) is -0.117. The number of hydrogen-bond donors (Lipinski definition) is 0. The van der Waals surface area contributed by atoms with Crippen LogP contribution in [0, 0.1) is 16.0 Å². The van der Waals surface area contributed by atoms with Crippen LogP contribution in [0.4, 0.5) is 11.4 Å². The van der Waals surface area contributed by atoms with Crippen molar-refractivity contribution in [2.24, 2.45) is 5.92 Å². The number of carbonyl (C=O) groups is 1. The zero-order chi connectivity index (χ0) is 22.2. The van der Waals surface area contributed by atoms with Gasteiger partial charge >= 0.3 is 0 Å². The Kier molecular flexibility index (Phi) is 5.67. The number of amides is 1. The SMILES string of the molecule is COc1ccc(S(=O)(=O)N2CCCC(C(=O)N3CCc4ccc([N+](=O)[O-])cc43)C2)cc1. The minimum absolute atomic E-state index is 0.0641. The first-order chi connectivity index (χ1) is 14.8. The smallest absolute Gasteiger partial charge is 0.271 e. The minimum atomic E-state index is -3.74. The van der Waals surface area contributed by atoms with Crippen LogP contribution >= 0.6 is 0 Å². The molecule has 2 aromatic rings. The molecule has 0 saturated carbocycles. The Morgan fingerprint density at radius 1 is 1.16 bits per heavy atom. The molecule has 1 atom stereocenters. The fourth-order valence-electron chi connectivity index (χ4n) is 4.19. The van der Waals surface area contributed by atoms with Gasteiger partial charge in [-0.1, -0.05) is 6.07 Å². The van der Waals surface area contributed by atoms with Gasteiger partial charge in [-0.25, -0.2) is 8.42 Å². The predicted octanol–water partition coefficient (Wildman–Crippen LogP) is 2.59. The topological polar surface area (TPSA) is 110 Å². The minimum Gasteiger partial charge on any atom is -0.497 e. The molecular formula is C21H23N3O6S. The Labute approximate surface area is 180 Å². The number of benzene rings is 2. The molecule has 0 aromatic heterocycles. The third-order valence-corrected chi connectivity index (χ3v) is 7.75. The molecule has 2 heterocycles. The number of ether oxygens (including phenoxy) is 1. The Hall–Kier alpha value is -2.98. The van der Waals surface area contributed by atoms with Crippen molar-refractivity contribution in [3.05, 3.63) is 58.1 Å². The number of fused-ring (bicyclic) bond motifs is 1. The van der Waals surface area contributed by atoms with Crippen molar-refractivity contribution in [2.75, 3.05) is 31.6 Å². The van der Waals surface area contributed by atoms with Crippen LogP contribution in [0.5, 0.6) is 5.75 Å². The first-order valence-electron chi connectivity index (χ1n) is 10.0. The number of piperidine rings is 1. The van der Waals surface area contributed by atoms with Crippen LogP contribution in [0.3, 0.4) is 0 Å². The van der Waals surface area contributed by atoms with Crippen molar-refractivity contribution in [3.63, 3.8) is 0 Å². The average Bonchev–Trinajstić information content (AvgIpc) is 3.22. The van der Waals surface area contributed by atoms with E-state index >= 15 is 0 Å². The number of nitro benzene ring substituents is 1. The maximum atomic E-state index is 13.3. The zero-order valence-corrected chi connectivity index (χ0v) is 17.9. The molecule has 0 radical (unpaired) electrons. The molecule has 2 aromatic carbocycles. The van der Waals surface area contributed by atoms with E-state index in [1.165, 1.54) is 35.7 Å². The zero-order valence-electron chi connectivity index (χ0n) is 17.1. The predicted molar refractivity (Wildman–Crippen MR) is 114 cm³/mol. The number of nitrogens with zero attached hydrogens (tertiary/aromatic N) is 3. The summed E-state index contributed by atoms with van der Waals surface area (Å²) in [6, 6.07) is 10.7. The summed E-state index contributed by atoms with van der Waals surface area (Å²) in [5, 5.41) is 11.1. The van der Waals surface area contributed by atoms with E-state index in [0.717, 1.165) is 5.56 Å². The molecule has 10 heteroatoms. The second kappa shape index (κ2) is 8.27. The largest absolute Gasteiger partial charge is 0.497 e. The second-order valence-electron chi connectivity index (χ2n) is 7.69. The molecule has 4 rings (SSSR count). The molecule has 1 amide bonds. The maximum absolute atomic E-state index is 13.3. The van der Waals surface area contributed by atoms with Crippen LogP contribution in [-0.4, -0.2) is 50.3 Å².